The highest BCUT2D eigenvalue weighted by Crippen LogP contribution is 2.30. The van der Waals surface area contributed by atoms with Gasteiger partial charge in [0.15, 0.2) is 6.61 Å². The summed E-state index contributed by atoms with van der Waals surface area (Å²) in [4.78, 5) is 33.4. The smallest absolute Gasteiger partial charge is 0.260 e. The van der Waals surface area contributed by atoms with E-state index in [1.54, 1.807) is 12.1 Å². The number of carbonyl (C=O) groups excluding carboxylic acids is 2. The number of pyridine rings is 1. The Bertz CT molecular complexity index is 1150. The highest BCUT2D eigenvalue weighted by Gasteiger charge is 2.29. The fraction of sp³-hybridized carbons (Fsp3) is 0.346. The lowest BCUT2D eigenvalue weighted by Crippen LogP contribution is -2.49. The lowest BCUT2D eigenvalue weighted by molar-refractivity contribution is -0.135. The van der Waals surface area contributed by atoms with Crippen molar-refractivity contribution in [1.82, 2.24) is 14.8 Å². The van der Waals surface area contributed by atoms with E-state index in [0.29, 0.717) is 24.5 Å². The fourth-order valence-electron chi connectivity index (χ4n) is 4.18. The van der Waals surface area contributed by atoms with E-state index in [-0.39, 0.29) is 24.3 Å². The number of anilines is 1. The van der Waals surface area contributed by atoms with Crippen LogP contribution < -0.4 is 10.1 Å². The molecule has 1 saturated carbocycles. The first-order chi connectivity index (χ1) is 16.2. The van der Waals surface area contributed by atoms with E-state index < -0.39 is 0 Å². The van der Waals surface area contributed by atoms with Crippen LogP contribution in [0, 0.1) is 5.92 Å². The summed E-state index contributed by atoms with van der Waals surface area (Å²) in [6, 6.07) is 17.5. The summed E-state index contributed by atoms with van der Waals surface area (Å²) in [6.45, 7) is 3.81. The molecule has 33 heavy (non-hydrogen) atoms. The highest BCUT2D eigenvalue weighted by atomic mass is 16.5. The van der Waals surface area contributed by atoms with Gasteiger partial charge >= 0.3 is 0 Å². The summed E-state index contributed by atoms with van der Waals surface area (Å²) in [5.41, 5.74) is 2.96. The van der Waals surface area contributed by atoms with Crippen molar-refractivity contribution in [1.29, 1.82) is 0 Å². The van der Waals surface area contributed by atoms with Gasteiger partial charge in [0.25, 0.3) is 5.91 Å². The van der Waals surface area contributed by atoms with Gasteiger partial charge < -0.3 is 15.0 Å². The number of benzene rings is 2. The van der Waals surface area contributed by atoms with Gasteiger partial charge in [-0.05, 0) is 36.6 Å². The molecule has 170 valence electrons. The van der Waals surface area contributed by atoms with Gasteiger partial charge in [-0.25, -0.2) is 0 Å². The third kappa shape index (κ3) is 5.31. The molecule has 1 aliphatic carbocycles. The van der Waals surface area contributed by atoms with Crippen molar-refractivity contribution in [2.75, 3.05) is 38.1 Å². The Hall–Kier alpha value is -3.45. The molecule has 2 aliphatic rings. The van der Waals surface area contributed by atoms with E-state index >= 15 is 0 Å². The third-order valence-corrected chi connectivity index (χ3v) is 6.25. The number of rotatable bonds is 7. The molecule has 1 N–H and O–H groups in total. The quantitative estimate of drug-likeness (QED) is 0.605. The van der Waals surface area contributed by atoms with E-state index in [0.717, 1.165) is 43.4 Å². The average Bonchev–Trinajstić information content (AvgIpc) is 3.69. The number of aromatic nitrogens is 1. The van der Waals surface area contributed by atoms with Crippen LogP contribution in [0.4, 0.5) is 5.69 Å². The Morgan fingerprint density at radius 3 is 2.61 bits per heavy atom. The highest BCUT2D eigenvalue weighted by molar-refractivity contribution is 5.94. The van der Waals surface area contributed by atoms with Crippen molar-refractivity contribution < 1.29 is 14.3 Å². The van der Waals surface area contributed by atoms with Crippen molar-refractivity contribution >= 4 is 28.4 Å². The molecule has 5 rings (SSSR count). The van der Waals surface area contributed by atoms with Crippen LogP contribution in [-0.4, -0.2) is 59.4 Å². The second-order valence-corrected chi connectivity index (χ2v) is 8.73. The predicted molar refractivity (Wildman–Crippen MR) is 127 cm³/mol. The zero-order valence-corrected chi connectivity index (χ0v) is 18.6. The number of nitrogens with one attached hydrogen (secondary N) is 1. The Balaban J connectivity index is 1.10. The average molecular weight is 445 g/mol. The first-order valence-electron chi connectivity index (χ1n) is 11.5. The summed E-state index contributed by atoms with van der Waals surface area (Å²) in [7, 11) is 0. The first-order valence-corrected chi connectivity index (χ1v) is 11.5. The normalized spacial score (nSPS) is 16.5. The number of fused-ring (bicyclic) bond motifs is 1. The monoisotopic (exact) mass is 444 g/mol. The maximum Gasteiger partial charge on any atom is 0.260 e. The number of nitrogens with zero attached hydrogens (tertiary/aromatic N) is 3. The molecule has 1 aromatic heterocycles. The van der Waals surface area contributed by atoms with Crippen LogP contribution in [0.25, 0.3) is 10.9 Å². The van der Waals surface area contributed by atoms with E-state index in [1.165, 1.54) is 5.56 Å². The van der Waals surface area contributed by atoms with Gasteiger partial charge in [0.2, 0.25) is 5.91 Å². The molecular weight excluding hydrogens is 416 g/mol. The molecule has 2 amide bonds. The summed E-state index contributed by atoms with van der Waals surface area (Å²) in [5, 5.41) is 4.06. The van der Waals surface area contributed by atoms with Crippen LogP contribution in [0.1, 0.15) is 18.4 Å². The molecule has 0 bridgehead atoms. The van der Waals surface area contributed by atoms with Crippen molar-refractivity contribution in [2.45, 2.75) is 19.4 Å². The minimum Gasteiger partial charge on any atom is -0.484 e. The largest absolute Gasteiger partial charge is 0.484 e. The molecule has 0 spiro atoms. The number of piperazine rings is 1. The molecule has 0 unspecified atom stereocenters. The number of hydrogen-bond acceptors (Lipinski definition) is 5. The second-order valence-electron chi connectivity index (χ2n) is 8.73. The maximum atomic E-state index is 12.7. The molecule has 7 nitrogen and oxygen atoms in total. The molecule has 1 saturated heterocycles. The molecule has 0 atom stereocenters. The van der Waals surface area contributed by atoms with Crippen LogP contribution in [0.2, 0.25) is 0 Å². The molecule has 3 aromatic rings. The van der Waals surface area contributed by atoms with Crippen LogP contribution >= 0.6 is 0 Å². The topological polar surface area (TPSA) is 74.8 Å². The lowest BCUT2D eigenvalue weighted by Gasteiger charge is -2.34. The maximum absolute atomic E-state index is 12.7. The number of carbonyl (C=O) groups is 2. The van der Waals surface area contributed by atoms with E-state index in [4.69, 9.17) is 4.74 Å². The molecule has 2 fully saturated rings. The molecule has 2 aromatic carbocycles. The SMILES string of the molecule is O=C(Nc1cccc(OCC(=O)N2CCN(Cc3cccc4cccnc34)CC2)c1)C1CC1. The van der Waals surface area contributed by atoms with Crippen molar-refractivity contribution in [3.8, 4) is 5.75 Å². The molecule has 0 radical (unpaired) electrons. The van der Waals surface area contributed by atoms with E-state index in [9.17, 15) is 9.59 Å². The van der Waals surface area contributed by atoms with Gasteiger partial charge in [0, 0.05) is 62.0 Å². The van der Waals surface area contributed by atoms with Gasteiger partial charge in [-0.2, -0.15) is 0 Å². The summed E-state index contributed by atoms with van der Waals surface area (Å²) < 4.78 is 5.73. The lowest BCUT2D eigenvalue weighted by atomic mass is 10.1. The Kier molecular flexibility index (Phi) is 6.21. The van der Waals surface area contributed by atoms with Crippen LogP contribution in [0.15, 0.2) is 60.8 Å². The third-order valence-electron chi connectivity index (χ3n) is 6.25. The van der Waals surface area contributed by atoms with Crippen molar-refractivity contribution in [2.24, 2.45) is 5.92 Å². The number of amides is 2. The summed E-state index contributed by atoms with van der Waals surface area (Å²) in [6.07, 6.45) is 3.75. The van der Waals surface area contributed by atoms with Gasteiger partial charge in [-0.15, -0.1) is 0 Å². The Morgan fingerprint density at radius 2 is 1.79 bits per heavy atom. The zero-order chi connectivity index (χ0) is 22.6. The molecule has 2 heterocycles. The van der Waals surface area contributed by atoms with Gasteiger partial charge in [-0.1, -0.05) is 30.3 Å². The predicted octanol–water partition coefficient (Wildman–Crippen LogP) is 3.31. The van der Waals surface area contributed by atoms with Gasteiger partial charge in [-0.3, -0.25) is 19.5 Å². The Morgan fingerprint density at radius 1 is 1.00 bits per heavy atom. The van der Waals surface area contributed by atoms with Gasteiger partial charge in [0.05, 0.1) is 5.52 Å². The fourth-order valence-corrected chi connectivity index (χ4v) is 4.18. The van der Waals surface area contributed by atoms with Gasteiger partial charge in [0.1, 0.15) is 5.75 Å². The van der Waals surface area contributed by atoms with Crippen LogP contribution in [0.3, 0.4) is 0 Å². The van der Waals surface area contributed by atoms with Crippen molar-refractivity contribution in [3.05, 3.63) is 66.4 Å². The van der Waals surface area contributed by atoms with E-state index in [2.05, 4.69) is 39.5 Å². The minimum absolute atomic E-state index is 0.00668. The zero-order valence-electron chi connectivity index (χ0n) is 18.6. The number of para-hydroxylation sites is 1. The number of ether oxygens (including phenoxy) is 1. The molecular formula is C26H28N4O3. The molecule has 1 aliphatic heterocycles. The Labute approximate surface area is 193 Å². The minimum atomic E-state index is -0.0195. The summed E-state index contributed by atoms with van der Waals surface area (Å²) in [5.74, 6) is 0.764. The van der Waals surface area contributed by atoms with Crippen LogP contribution in [0.5, 0.6) is 5.75 Å². The number of hydrogen-bond donors (Lipinski definition) is 1. The standard InChI is InChI=1S/C26H28N4O3/c31-24(18-33-23-8-2-7-22(16-23)28-26(32)20-9-10-20)30-14-12-29(13-15-30)17-21-5-1-4-19-6-3-11-27-25(19)21/h1-8,11,16,20H,9-10,12-15,17-18H2,(H,28,32). The van der Waals surface area contributed by atoms with Crippen LogP contribution in [-0.2, 0) is 16.1 Å². The van der Waals surface area contributed by atoms with Crippen molar-refractivity contribution in [3.63, 3.8) is 0 Å². The molecule has 7 heteroatoms. The first kappa shape index (κ1) is 21.4. The second kappa shape index (κ2) is 9.58. The summed E-state index contributed by atoms with van der Waals surface area (Å²) >= 11 is 0. The van der Waals surface area contributed by atoms with E-state index in [1.807, 2.05) is 29.3 Å².